The van der Waals surface area contributed by atoms with Gasteiger partial charge in [0, 0.05) is 0 Å². The molecule has 252 valence electrons. The SMILES string of the molecule is CC(C)=O.CC(C)=O.CC(C)=O.CC(C)=O.CC(C)=O.CC(C)=O.CC(C)=O.CC(C)=O.CC(C)=O.Cc1ccccc1. The van der Waals surface area contributed by atoms with Crippen molar-refractivity contribution in [1.82, 2.24) is 0 Å². The molecule has 1 rings (SSSR count). The Balaban J connectivity index is -0.0000000431. The van der Waals surface area contributed by atoms with Crippen LogP contribution in [-0.2, 0) is 43.2 Å². The average molecular weight is 615 g/mol. The Kier molecular flexibility index (Phi) is 79.3. The number of carbonyl (C=O) groups is 9. The normalized spacial score (nSPS) is 6.86. The molecule has 0 aliphatic rings. The molecule has 43 heavy (non-hydrogen) atoms. The van der Waals surface area contributed by atoms with Gasteiger partial charge < -0.3 is 43.2 Å². The molecule has 0 bridgehead atoms. The number of hydrogen-bond donors (Lipinski definition) is 0. The summed E-state index contributed by atoms with van der Waals surface area (Å²) in [6, 6.07) is 10.3. The van der Waals surface area contributed by atoms with Crippen molar-refractivity contribution < 1.29 is 43.2 Å². The second-order valence-corrected chi connectivity index (χ2v) is 9.83. The first kappa shape index (κ1) is 62.8. The van der Waals surface area contributed by atoms with Gasteiger partial charge >= 0.3 is 0 Å². The molecule has 0 aromatic heterocycles. The van der Waals surface area contributed by atoms with E-state index in [0.29, 0.717) is 0 Å². The van der Waals surface area contributed by atoms with Gasteiger partial charge in [0.2, 0.25) is 0 Å². The van der Waals surface area contributed by atoms with Crippen LogP contribution in [0.1, 0.15) is 130 Å². The van der Waals surface area contributed by atoms with E-state index in [2.05, 4.69) is 19.1 Å². The van der Waals surface area contributed by atoms with Crippen molar-refractivity contribution in [2.75, 3.05) is 0 Å². The lowest BCUT2D eigenvalue weighted by Crippen LogP contribution is -1.69. The molecule has 0 amide bonds. The molecule has 0 heterocycles. The van der Waals surface area contributed by atoms with E-state index in [-0.39, 0.29) is 52.0 Å². The topological polar surface area (TPSA) is 154 Å². The summed E-state index contributed by atoms with van der Waals surface area (Å²) in [6.45, 7) is 29.6. The summed E-state index contributed by atoms with van der Waals surface area (Å²) in [6.07, 6.45) is 0. The van der Waals surface area contributed by atoms with E-state index in [9.17, 15) is 43.2 Å². The van der Waals surface area contributed by atoms with E-state index in [0.717, 1.165) is 0 Å². The molecule has 9 heteroatoms. The molecule has 0 saturated heterocycles. The third-order valence-corrected chi connectivity index (χ3v) is 0.940. The maximum Gasteiger partial charge on any atom is 0.126 e. The van der Waals surface area contributed by atoms with E-state index in [1.54, 1.807) is 0 Å². The molecule has 1 aromatic carbocycles. The minimum absolute atomic E-state index is 0.167. The average Bonchev–Trinajstić information content (AvgIpc) is 2.64. The molecule has 9 nitrogen and oxygen atoms in total. The highest BCUT2D eigenvalue weighted by Gasteiger charge is 1.72. The van der Waals surface area contributed by atoms with Gasteiger partial charge in [-0.15, -0.1) is 0 Å². The van der Waals surface area contributed by atoms with Gasteiger partial charge in [-0.25, -0.2) is 0 Å². The Hall–Kier alpha value is -3.75. The number of ketones is 9. The maximum atomic E-state index is 9.44. The fraction of sp³-hybridized carbons (Fsp3) is 0.559. The third-order valence-electron chi connectivity index (χ3n) is 0.940. The zero-order chi connectivity index (χ0) is 37.3. The molecule has 0 unspecified atom stereocenters. The third kappa shape index (κ3) is 2780. The van der Waals surface area contributed by atoms with Crippen LogP contribution in [0.5, 0.6) is 0 Å². The smallest absolute Gasteiger partial charge is 0.126 e. The Bertz CT molecular complexity index is 660. The summed E-state index contributed by atoms with van der Waals surface area (Å²) in [7, 11) is 0. The zero-order valence-electron chi connectivity index (χ0n) is 30.6. The summed E-state index contributed by atoms with van der Waals surface area (Å²) in [5.74, 6) is 1.50. The molecule has 0 aliphatic carbocycles. The Labute approximate surface area is 262 Å². The lowest BCUT2D eigenvalue weighted by atomic mass is 10.2. The van der Waals surface area contributed by atoms with E-state index in [1.165, 1.54) is 130 Å². The summed E-state index contributed by atoms with van der Waals surface area (Å²) < 4.78 is 0. The van der Waals surface area contributed by atoms with Crippen molar-refractivity contribution in [2.24, 2.45) is 0 Å². The number of aryl methyl sites for hydroxylation is 1. The van der Waals surface area contributed by atoms with Crippen LogP contribution >= 0.6 is 0 Å². The van der Waals surface area contributed by atoms with Gasteiger partial charge in [0.05, 0.1) is 0 Å². The minimum atomic E-state index is 0.167. The fourth-order valence-corrected chi connectivity index (χ4v) is 0.534. The van der Waals surface area contributed by atoms with Crippen LogP contribution in [0.4, 0.5) is 0 Å². The number of benzene rings is 1. The lowest BCUT2D eigenvalue weighted by Gasteiger charge is -1.82. The molecule has 0 radical (unpaired) electrons. The molecule has 0 N–H and O–H groups in total. The Morgan fingerprint density at radius 3 is 0.419 bits per heavy atom. The van der Waals surface area contributed by atoms with Gasteiger partial charge in [0.1, 0.15) is 52.0 Å². The van der Waals surface area contributed by atoms with Gasteiger partial charge in [-0.3, -0.25) is 0 Å². The van der Waals surface area contributed by atoms with Crippen molar-refractivity contribution in [3.05, 3.63) is 35.9 Å². The van der Waals surface area contributed by atoms with Crippen LogP contribution in [0, 0.1) is 6.92 Å². The number of hydrogen-bond acceptors (Lipinski definition) is 9. The van der Waals surface area contributed by atoms with Crippen molar-refractivity contribution >= 4 is 52.0 Å². The second-order valence-electron chi connectivity index (χ2n) is 9.83. The van der Waals surface area contributed by atoms with Crippen LogP contribution in [0.3, 0.4) is 0 Å². The van der Waals surface area contributed by atoms with Gasteiger partial charge in [0.25, 0.3) is 0 Å². The second kappa shape index (κ2) is 54.3. The quantitative estimate of drug-likeness (QED) is 0.292. The monoisotopic (exact) mass is 614 g/mol. The van der Waals surface area contributed by atoms with Gasteiger partial charge in [-0.2, -0.15) is 0 Å². The van der Waals surface area contributed by atoms with Crippen molar-refractivity contribution in [3.63, 3.8) is 0 Å². The van der Waals surface area contributed by atoms with Gasteiger partial charge in [-0.1, -0.05) is 35.9 Å². The predicted octanol–water partition coefficient (Wildman–Crippen LogP) is 7.35. The molecule has 0 aliphatic heterocycles. The van der Waals surface area contributed by atoms with Crippen LogP contribution in [0.25, 0.3) is 0 Å². The summed E-state index contributed by atoms with van der Waals surface area (Å²) in [5.41, 5.74) is 1.32. The highest BCUT2D eigenvalue weighted by molar-refractivity contribution is 5.74. The number of Topliss-reactive ketones (excluding diaryl/α,β-unsaturated/α-hetero) is 9. The van der Waals surface area contributed by atoms with E-state index >= 15 is 0 Å². The lowest BCUT2D eigenvalue weighted by molar-refractivity contribution is -0.115. The molecular weight excluding hydrogens is 552 g/mol. The number of carbonyl (C=O) groups excluding carboxylic acids is 9. The molecular formula is C34H62O9. The van der Waals surface area contributed by atoms with Crippen molar-refractivity contribution in [2.45, 2.75) is 132 Å². The number of rotatable bonds is 0. The van der Waals surface area contributed by atoms with E-state index < -0.39 is 0 Å². The summed E-state index contributed by atoms with van der Waals surface area (Å²) in [5, 5.41) is 0. The van der Waals surface area contributed by atoms with Crippen LogP contribution in [0.2, 0.25) is 0 Å². The zero-order valence-corrected chi connectivity index (χ0v) is 30.6. The van der Waals surface area contributed by atoms with E-state index in [1.807, 2.05) is 18.2 Å². The Morgan fingerprint density at radius 1 is 0.279 bits per heavy atom. The fourth-order valence-electron chi connectivity index (χ4n) is 0.534. The van der Waals surface area contributed by atoms with Crippen molar-refractivity contribution in [1.29, 1.82) is 0 Å². The van der Waals surface area contributed by atoms with Crippen LogP contribution in [-0.4, -0.2) is 52.0 Å². The molecule has 0 saturated carbocycles. The first-order valence-corrected chi connectivity index (χ1v) is 13.2. The summed E-state index contributed by atoms with van der Waals surface area (Å²) >= 11 is 0. The van der Waals surface area contributed by atoms with Gasteiger partial charge in [0.15, 0.2) is 0 Å². The summed E-state index contributed by atoms with van der Waals surface area (Å²) in [4.78, 5) is 85.0. The van der Waals surface area contributed by atoms with E-state index in [4.69, 9.17) is 0 Å². The van der Waals surface area contributed by atoms with Crippen LogP contribution in [0.15, 0.2) is 30.3 Å². The molecule has 0 fully saturated rings. The van der Waals surface area contributed by atoms with Gasteiger partial charge in [-0.05, 0) is 132 Å². The predicted molar refractivity (Wildman–Crippen MR) is 178 cm³/mol. The maximum absolute atomic E-state index is 9.44. The van der Waals surface area contributed by atoms with Crippen LogP contribution < -0.4 is 0 Å². The standard InChI is InChI=1S/C7H8.9C3H6O/c1-7-5-3-2-4-6-7;9*1-3(2)4/h2-6H,1H3;9*1-2H3. The van der Waals surface area contributed by atoms with Crippen molar-refractivity contribution in [3.8, 4) is 0 Å². The first-order valence-electron chi connectivity index (χ1n) is 13.2. The molecule has 1 aromatic rings. The molecule has 0 spiro atoms. The highest BCUT2D eigenvalue weighted by Crippen LogP contribution is 1.92. The largest absolute Gasteiger partial charge is 0.300 e. The molecule has 0 atom stereocenters. The Morgan fingerprint density at radius 2 is 0.372 bits per heavy atom. The highest BCUT2D eigenvalue weighted by atomic mass is 16.1. The minimum Gasteiger partial charge on any atom is -0.300 e. The first-order chi connectivity index (χ1) is 19.0.